The highest BCUT2D eigenvalue weighted by Crippen LogP contribution is 2.44. The summed E-state index contributed by atoms with van der Waals surface area (Å²) < 4.78 is 1.04. The summed E-state index contributed by atoms with van der Waals surface area (Å²) in [4.78, 5) is 12.5. The maximum atomic E-state index is 12.5. The molecule has 0 radical (unpaired) electrons. The average Bonchev–Trinajstić information content (AvgIpc) is 2.26. The van der Waals surface area contributed by atoms with Crippen LogP contribution in [0.3, 0.4) is 0 Å². The minimum atomic E-state index is -0.375. The molecule has 0 saturated heterocycles. The molecule has 0 unspecified atom stereocenters. The molecule has 3 N–H and O–H groups in total. The lowest BCUT2D eigenvalue weighted by Crippen LogP contribution is -2.53. The van der Waals surface area contributed by atoms with Gasteiger partial charge in [0.1, 0.15) is 0 Å². The zero-order valence-corrected chi connectivity index (χ0v) is 13.1. The van der Waals surface area contributed by atoms with Crippen LogP contribution < -0.4 is 11.1 Å². The summed E-state index contributed by atoms with van der Waals surface area (Å²) in [5, 5.41) is 3.00. The van der Waals surface area contributed by atoms with E-state index in [0.29, 0.717) is 6.54 Å². The van der Waals surface area contributed by atoms with Gasteiger partial charge in [-0.2, -0.15) is 0 Å². The Labute approximate surface area is 123 Å². The molecule has 1 aromatic carbocycles. The SMILES string of the molecule is CC(C)(N)CNC(=O)C1(c2ccc(Br)cc2)CCC1. The molecule has 1 aliphatic carbocycles. The van der Waals surface area contributed by atoms with E-state index in [2.05, 4.69) is 21.2 Å². The molecule has 3 nitrogen and oxygen atoms in total. The van der Waals surface area contributed by atoms with Gasteiger partial charge in [-0.25, -0.2) is 0 Å². The number of benzene rings is 1. The number of halogens is 1. The standard InChI is InChI=1S/C15H21BrN2O/c1-14(2,17)10-18-13(19)15(8-3-9-15)11-4-6-12(16)7-5-11/h4-7H,3,8-10,17H2,1-2H3,(H,18,19). The van der Waals surface area contributed by atoms with Crippen LogP contribution in [0.1, 0.15) is 38.7 Å². The van der Waals surface area contributed by atoms with Crippen LogP contribution >= 0.6 is 15.9 Å². The van der Waals surface area contributed by atoms with Crippen LogP contribution in [0, 0.1) is 0 Å². The van der Waals surface area contributed by atoms with Crippen LogP contribution in [0.25, 0.3) is 0 Å². The van der Waals surface area contributed by atoms with E-state index < -0.39 is 0 Å². The second kappa shape index (κ2) is 5.25. The molecule has 2 rings (SSSR count). The van der Waals surface area contributed by atoms with Gasteiger partial charge in [0.2, 0.25) is 5.91 Å². The Morgan fingerprint density at radius 1 is 1.37 bits per heavy atom. The van der Waals surface area contributed by atoms with Crippen molar-refractivity contribution in [3.63, 3.8) is 0 Å². The van der Waals surface area contributed by atoms with Crippen molar-refractivity contribution in [1.29, 1.82) is 0 Å². The van der Waals surface area contributed by atoms with Gasteiger partial charge in [0, 0.05) is 16.6 Å². The fourth-order valence-electron chi connectivity index (χ4n) is 2.42. The summed E-state index contributed by atoms with van der Waals surface area (Å²) in [6.07, 6.45) is 2.95. The zero-order chi connectivity index (χ0) is 14.1. The number of nitrogens with one attached hydrogen (secondary N) is 1. The summed E-state index contributed by atoms with van der Waals surface area (Å²) >= 11 is 3.43. The Kier molecular flexibility index (Phi) is 4.02. The van der Waals surface area contributed by atoms with E-state index in [-0.39, 0.29) is 16.9 Å². The van der Waals surface area contributed by atoms with Crippen molar-refractivity contribution in [1.82, 2.24) is 5.32 Å². The molecule has 1 fully saturated rings. The highest BCUT2D eigenvalue weighted by atomic mass is 79.9. The zero-order valence-electron chi connectivity index (χ0n) is 11.5. The van der Waals surface area contributed by atoms with Crippen LogP contribution in [0.15, 0.2) is 28.7 Å². The van der Waals surface area contributed by atoms with Crippen molar-refractivity contribution in [2.45, 2.75) is 44.1 Å². The van der Waals surface area contributed by atoms with Gasteiger partial charge in [-0.1, -0.05) is 34.5 Å². The monoisotopic (exact) mass is 324 g/mol. The Morgan fingerprint density at radius 2 is 1.95 bits per heavy atom. The number of hydrogen-bond donors (Lipinski definition) is 2. The van der Waals surface area contributed by atoms with Crippen LogP contribution in [-0.2, 0) is 10.2 Å². The van der Waals surface area contributed by atoms with Crippen molar-refractivity contribution in [2.75, 3.05) is 6.54 Å². The maximum absolute atomic E-state index is 12.5. The van der Waals surface area contributed by atoms with Crippen molar-refractivity contribution in [3.05, 3.63) is 34.3 Å². The molecule has 19 heavy (non-hydrogen) atoms. The van der Waals surface area contributed by atoms with Crippen molar-refractivity contribution in [3.8, 4) is 0 Å². The van der Waals surface area contributed by atoms with E-state index in [1.54, 1.807) is 0 Å². The van der Waals surface area contributed by atoms with E-state index in [9.17, 15) is 4.79 Å². The number of carbonyl (C=O) groups excluding carboxylic acids is 1. The fraction of sp³-hybridized carbons (Fsp3) is 0.533. The number of nitrogens with two attached hydrogens (primary N) is 1. The number of hydrogen-bond acceptors (Lipinski definition) is 2. The minimum absolute atomic E-state index is 0.111. The Morgan fingerprint density at radius 3 is 2.37 bits per heavy atom. The van der Waals surface area contributed by atoms with Gasteiger partial charge in [0.15, 0.2) is 0 Å². The summed E-state index contributed by atoms with van der Waals surface area (Å²) in [6, 6.07) is 8.07. The Balaban J connectivity index is 2.14. The largest absolute Gasteiger partial charge is 0.354 e. The molecule has 0 aliphatic heterocycles. The van der Waals surface area contributed by atoms with E-state index in [4.69, 9.17) is 5.73 Å². The van der Waals surface area contributed by atoms with Crippen molar-refractivity contribution >= 4 is 21.8 Å². The quantitative estimate of drug-likeness (QED) is 0.894. The van der Waals surface area contributed by atoms with Gasteiger partial charge < -0.3 is 11.1 Å². The van der Waals surface area contributed by atoms with Gasteiger partial charge in [-0.05, 0) is 44.4 Å². The fourth-order valence-corrected chi connectivity index (χ4v) is 2.69. The molecule has 0 bridgehead atoms. The molecule has 0 spiro atoms. The smallest absolute Gasteiger partial charge is 0.230 e. The highest BCUT2D eigenvalue weighted by Gasteiger charge is 2.45. The highest BCUT2D eigenvalue weighted by molar-refractivity contribution is 9.10. The molecular weight excluding hydrogens is 304 g/mol. The number of rotatable bonds is 4. The molecular formula is C15H21BrN2O. The Bertz CT molecular complexity index is 458. The molecule has 1 aromatic rings. The number of carbonyl (C=O) groups is 1. The molecule has 4 heteroatoms. The summed E-state index contributed by atoms with van der Waals surface area (Å²) in [7, 11) is 0. The third-order valence-electron chi connectivity index (χ3n) is 3.74. The van der Waals surface area contributed by atoms with Gasteiger partial charge >= 0.3 is 0 Å². The lowest BCUT2D eigenvalue weighted by molar-refractivity contribution is -0.130. The van der Waals surface area contributed by atoms with E-state index >= 15 is 0 Å². The van der Waals surface area contributed by atoms with E-state index in [1.807, 2.05) is 38.1 Å². The van der Waals surface area contributed by atoms with E-state index in [0.717, 1.165) is 29.3 Å². The van der Waals surface area contributed by atoms with Crippen LogP contribution in [0.5, 0.6) is 0 Å². The van der Waals surface area contributed by atoms with Crippen LogP contribution in [0.4, 0.5) is 0 Å². The molecule has 0 aromatic heterocycles. The first-order valence-corrected chi connectivity index (χ1v) is 7.46. The van der Waals surface area contributed by atoms with E-state index in [1.165, 1.54) is 0 Å². The van der Waals surface area contributed by atoms with Crippen LogP contribution in [0.2, 0.25) is 0 Å². The predicted octanol–water partition coefficient (Wildman–Crippen LogP) is 2.72. The topological polar surface area (TPSA) is 55.1 Å². The van der Waals surface area contributed by atoms with Crippen molar-refractivity contribution < 1.29 is 4.79 Å². The maximum Gasteiger partial charge on any atom is 0.230 e. The lowest BCUT2D eigenvalue weighted by atomic mass is 9.64. The molecule has 1 aliphatic rings. The normalized spacial score (nSPS) is 17.7. The molecule has 1 saturated carbocycles. The molecule has 104 valence electrons. The molecule has 0 heterocycles. The summed E-state index contributed by atoms with van der Waals surface area (Å²) in [5.41, 5.74) is 6.31. The third kappa shape index (κ3) is 3.18. The first-order valence-electron chi connectivity index (χ1n) is 6.67. The van der Waals surface area contributed by atoms with Gasteiger partial charge in [0.25, 0.3) is 0 Å². The number of amides is 1. The Hall–Kier alpha value is -0.870. The minimum Gasteiger partial charge on any atom is -0.354 e. The van der Waals surface area contributed by atoms with Crippen LogP contribution in [-0.4, -0.2) is 18.0 Å². The second-order valence-corrected chi connectivity index (χ2v) is 7.03. The molecule has 1 amide bonds. The van der Waals surface area contributed by atoms with Gasteiger partial charge in [-0.15, -0.1) is 0 Å². The third-order valence-corrected chi connectivity index (χ3v) is 4.27. The first kappa shape index (κ1) is 14.5. The predicted molar refractivity (Wildman–Crippen MR) is 80.9 cm³/mol. The van der Waals surface area contributed by atoms with Gasteiger partial charge in [-0.3, -0.25) is 4.79 Å². The second-order valence-electron chi connectivity index (χ2n) is 6.11. The summed E-state index contributed by atoms with van der Waals surface area (Å²) in [6.45, 7) is 4.34. The first-order chi connectivity index (χ1) is 8.83. The lowest BCUT2D eigenvalue weighted by Gasteiger charge is -2.41. The summed E-state index contributed by atoms with van der Waals surface area (Å²) in [5.74, 6) is 0.111. The molecule has 0 atom stereocenters. The van der Waals surface area contributed by atoms with Crippen molar-refractivity contribution in [2.24, 2.45) is 5.73 Å². The van der Waals surface area contributed by atoms with Gasteiger partial charge in [0.05, 0.1) is 5.41 Å². The average molecular weight is 325 g/mol.